The number of nitrogens with zero attached hydrogens (tertiary/aromatic N) is 3. The Balaban J connectivity index is 1.66. The van der Waals surface area contributed by atoms with Crippen LogP contribution in [0.4, 0.5) is 5.82 Å². The van der Waals surface area contributed by atoms with Crippen LogP contribution < -0.4 is 10.2 Å². The predicted octanol–water partition coefficient (Wildman–Crippen LogP) is 2.91. The normalized spacial score (nSPS) is 20.4. The summed E-state index contributed by atoms with van der Waals surface area (Å²) in [6.07, 6.45) is 4.89. The lowest BCUT2D eigenvalue weighted by atomic mass is 9.76. The van der Waals surface area contributed by atoms with Crippen molar-refractivity contribution >= 4 is 27.7 Å². The molecule has 138 valence electrons. The third-order valence-electron chi connectivity index (χ3n) is 5.38. The zero-order chi connectivity index (χ0) is 17.9. The largest absolute Gasteiger partial charge is 0.357 e. The van der Waals surface area contributed by atoms with E-state index < -0.39 is 0 Å². The van der Waals surface area contributed by atoms with E-state index in [2.05, 4.69) is 49.9 Å². The molecule has 3 rings (SSSR count). The average molecular weight is 409 g/mol. The molecule has 1 N–H and O–H groups in total. The minimum absolute atomic E-state index is 0.247. The summed E-state index contributed by atoms with van der Waals surface area (Å²) in [6.45, 7) is 10.00. The Labute approximate surface area is 159 Å². The fourth-order valence-electron chi connectivity index (χ4n) is 3.63. The first-order valence-electron chi connectivity index (χ1n) is 9.36. The van der Waals surface area contributed by atoms with Crippen LogP contribution in [0.15, 0.2) is 22.8 Å². The molecule has 3 heterocycles. The minimum Gasteiger partial charge on any atom is -0.357 e. The molecule has 2 aliphatic heterocycles. The summed E-state index contributed by atoms with van der Waals surface area (Å²) in [5.74, 6) is 1.73. The number of carbonyl (C=O) groups is 1. The lowest BCUT2D eigenvalue weighted by molar-refractivity contribution is -0.134. The summed E-state index contributed by atoms with van der Waals surface area (Å²) in [7, 11) is 0. The molecule has 2 aliphatic rings. The zero-order valence-corrected chi connectivity index (χ0v) is 16.9. The highest BCUT2D eigenvalue weighted by Gasteiger charge is 2.43. The van der Waals surface area contributed by atoms with Crippen molar-refractivity contribution in [2.24, 2.45) is 11.3 Å². The summed E-state index contributed by atoms with van der Waals surface area (Å²) in [4.78, 5) is 22.3. The molecule has 0 radical (unpaired) electrons. The van der Waals surface area contributed by atoms with E-state index in [9.17, 15) is 4.79 Å². The van der Waals surface area contributed by atoms with E-state index in [1.807, 2.05) is 18.3 Å². The fraction of sp³-hybridized carbons (Fsp3) is 0.684. The molecule has 0 aliphatic carbocycles. The number of halogens is 1. The predicted molar refractivity (Wildman–Crippen MR) is 105 cm³/mol. The maximum absolute atomic E-state index is 13.0. The summed E-state index contributed by atoms with van der Waals surface area (Å²) in [5.41, 5.74) is -0.249. The second-order valence-corrected chi connectivity index (χ2v) is 8.75. The number of nitrogens with one attached hydrogen (secondary N) is 1. The Morgan fingerprint density at radius 1 is 1.28 bits per heavy atom. The van der Waals surface area contributed by atoms with Crippen molar-refractivity contribution in [3.05, 3.63) is 22.8 Å². The number of anilines is 1. The van der Waals surface area contributed by atoms with E-state index in [1.165, 1.54) is 6.42 Å². The number of aromatic nitrogens is 1. The van der Waals surface area contributed by atoms with Crippen LogP contribution in [0.25, 0.3) is 0 Å². The molecular weight excluding hydrogens is 380 g/mol. The molecule has 6 heteroatoms. The van der Waals surface area contributed by atoms with Gasteiger partial charge in [-0.3, -0.25) is 4.79 Å². The van der Waals surface area contributed by atoms with E-state index in [4.69, 9.17) is 0 Å². The molecule has 0 spiro atoms. The SMILES string of the molecule is CC(C)CNC(=O)C1(CN2CCC2)CCN(c2ccc(Br)cn2)CC1. The number of pyridine rings is 1. The third-order valence-corrected chi connectivity index (χ3v) is 5.85. The number of likely N-dealkylation sites (tertiary alicyclic amines) is 1. The van der Waals surface area contributed by atoms with Crippen LogP contribution in [0.5, 0.6) is 0 Å². The Morgan fingerprint density at radius 2 is 2.00 bits per heavy atom. The van der Waals surface area contributed by atoms with Gasteiger partial charge in [0.2, 0.25) is 5.91 Å². The Hall–Kier alpha value is -1.14. The molecule has 2 saturated heterocycles. The average Bonchev–Trinajstić information content (AvgIpc) is 2.57. The van der Waals surface area contributed by atoms with Crippen molar-refractivity contribution in [2.75, 3.05) is 44.2 Å². The van der Waals surface area contributed by atoms with Crippen LogP contribution >= 0.6 is 15.9 Å². The summed E-state index contributed by atoms with van der Waals surface area (Å²) < 4.78 is 0.994. The lowest BCUT2D eigenvalue weighted by Crippen LogP contribution is -2.56. The monoisotopic (exact) mass is 408 g/mol. The molecule has 0 aromatic carbocycles. The van der Waals surface area contributed by atoms with Crippen LogP contribution in [0.1, 0.15) is 33.1 Å². The summed E-state index contributed by atoms with van der Waals surface area (Å²) in [6, 6.07) is 4.07. The highest BCUT2D eigenvalue weighted by atomic mass is 79.9. The smallest absolute Gasteiger partial charge is 0.227 e. The van der Waals surface area contributed by atoms with E-state index in [1.54, 1.807) is 0 Å². The van der Waals surface area contributed by atoms with Gasteiger partial charge in [-0.25, -0.2) is 4.98 Å². The third kappa shape index (κ3) is 4.53. The molecule has 0 atom stereocenters. The van der Waals surface area contributed by atoms with Gasteiger partial charge >= 0.3 is 0 Å². The van der Waals surface area contributed by atoms with Crippen LogP contribution in [0, 0.1) is 11.3 Å². The van der Waals surface area contributed by atoms with Crippen LogP contribution in [0.3, 0.4) is 0 Å². The zero-order valence-electron chi connectivity index (χ0n) is 15.3. The van der Waals surface area contributed by atoms with Crippen LogP contribution in [0.2, 0.25) is 0 Å². The first-order valence-corrected chi connectivity index (χ1v) is 10.1. The van der Waals surface area contributed by atoms with Gasteiger partial charge in [0, 0.05) is 36.8 Å². The first-order chi connectivity index (χ1) is 12.0. The van der Waals surface area contributed by atoms with E-state index in [0.717, 1.165) is 62.4 Å². The van der Waals surface area contributed by atoms with Crippen molar-refractivity contribution < 1.29 is 4.79 Å². The van der Waals surface area contributed by atoms with Gasteiger partial charge in [-0.05, 0) is 66.3 Å². The van der Waals surface area contributed by atoms with Gasteiger partial charge in [0.1, 0.15) is 5.82 Å². The number of hydrogen-bond donors (Lipinski definition) is 1. The topological polar surface area (TPSA) is 48.5 Å². The highest BCUT2D eigenvalue weighted by Crippen LogP contribution is 2.35. The lowest BCUT2D eigenvalue weighted by Gasteiger charge is -2.45. The summed E-state index contributed by atoms with van der Waals surface area (Å²) in [5, 5.41) is 3.20. The van der Waals surface area contributed by atoms with Gasteiger partial charge in [0.05, 0.1) is 5.41 Å². The van der Waals surface area contributed by atoms with E-state index >= 15 is 0 Å². The molecule has 1 amide bonds. The van der Waals surface area contributed by atoms with Crippen molar-refractivity contribution in [3.63, 3.8) is 0 Å². The van der Waals surface area contributed by atoms with E-state index in [0.29, 0.717) is 5.92 Å². The first kappa shape index (κ1) is 18.6. The number of rotatable bonds is 6. The Morgan fingerprint density at radius 3 is 2.52 bits per heavy atom. The molecular formula is C19H29BrN4O. The molecule has 1 aromatic heterocycles. The van der Waals surface area contributed by atoms with Crippen LogP contribution in [-0.2, 0) is 4.79 Å². The van der Waals surface area contributed by atoms with Gasteiger partial charge in [0.15, 0.2) is 0 Å². The fourth-order valence-corrected chi connectivity index (χ4v) is 3.86. The molecule has 5 nitrogen and oxygen atoms in total. The molecule has 0 unspecified atom stereocenters. The number of carbonyl (C=O) groups excluding carboxylic acids is 1. The molecule has 2 fully saturated rings. The Bertz CT molecular complexity index is 578. The van der Waals surface area contributed by atoms with E-state index in [-0.39, 0.29) is 11.3 Å². The van der Waals surface area contributed by atoms with Gasteiger partial charge in [-0.15, -0.1) is 0 Å². The quantitative estimate of drug-likeness (QED) is 0.785. The van der Waals surface area contributed by atoms with Crippen LogP contribution in [-0.4, -0.2) is 55.1 Å². The number of amides is 1. The molecule has 0 saturated carbocycles. The van der Waals surface area contributed by atoms with Gasteiger partial charge < -0.3 is 15.1 Å². The number of hydrogen-bond acceptors (Lipinski definition) is 4. The second kappa shape index (κ2) is 8.04. The minimum atomic E-state index is -0.249. The highest BCUT2D eigenvalue weighted by molar-refractivity contribution is 9.10. The molecule has 25 heavy (non-hydrogen) atoms. The van der Waals surface area contributed by atoms with Crippen molar-refractivity contribution in [2.45, 2.75) is 33.1 Å². The van der Waals surface area contributed by atoms with Crippen molar-refractivity contribution in [1.29, 1.82) is 0 Å². The van der Waals surface area contributed by atoms with Gasteiger partial charge in [-0.2, -0.15) is 0 Å². The number of piperidine rings is 1. The molecule has 0 bridgehead atoms. The second-order valence-electron chi connectivity index (χ2n) is 7.84. The van der Waals surface area contributed by atoms with Gasteiger partial charge in [0.25, 0.3) is 0 Å². The van der Waals surface area contributed by atoms with Crippen molar-refractivity contribution in [1.82, 2.24) is 15.2 Å². The maximum atomic E-state index is 13.0. The molecule has 1 aromatic rings. The van der Waals surface area contributed by atoms with Crippen molar-refractivity contribution in [3.8, 4) is 0 Å². The maximum Gasteiger partial charge on any atom is 0.227 e. The summed E-state index contributed by atoms with van der Waals surface area (Å²) >= 11 is 3.44. The standard InChI is InChI=1S/C19H29BrN4O/c1-15(2)12-22-18(25)19(14-23-8-3-9-23)6-10-24(11-7-19)17-5-4-16(20)13-21-17/h4-5,13,15H,3,6-12,14H2,1-2H3,(H,22,25). The Kier molecular flexibility index (Phi) is 6.00. The van der Waals surface area contributed by atoms with Gasteiger partial charge in [-0.1, -0.05) is 13.8 Å².